The van der Waals surface area contributed by atoms with Crippen LogP contribution >= 0.6 is 0 Å². The second-order valence-corrected chi connectivity index (χ2v) is 7.49. The molecule has 1 aliphatic carbocycles. The van der Waals surface area contributed by atoms with Crippen molar-refractivity contribution in [2.45, 2.75) is 54.3 Å². The summed E-state index contributed by atoms with van der Waals surface area (Å²) >= 11 is 0. The van der Waals surface area contributed by atoms with Gasteiger partial charge in [0.25, 0.3) is 0 Å². The lowest BCUT2D eigenvalue weighted by Crippen LogP contribution is -2.11. The van der Waals surface area contributed by atoms with Crippen LogP contribution in [0.1, 0.15) is 47.1 Å². The molecule has 2 atom stereocenters. The lowest BCUT2D eigenvalue weighted by molar-refractivity contribution is -0.147. The number of hydrogen-bond donors (Lipinski definition) is 0. The summed E-state index contributed by atoms with van der Waals surface area (Å²) in [7, 11) is 0. The maximum Gasteiger partial charge on any atom is 0.310 e. The average Bonchev–Trinajstić information content (AvgIpc) is 2.96. The summed E-state index contributed by atoms with van der Waals surface area (Å²) in [6.45, 7) is 12.7. The molecule has 23 heavy (non-hydrogen) atoms. The van der Waals surface area contributed by atoms with Crippen molar-refractivity contribution in [3.8, 4) is 5.75 Å². The Hall–Kier alpha value is -1.77. The van der Waals surface area contributed by atoms with Crippen molar-refractivity contribution in [2.75, 3.05) is 0 Å². The largest absolute Gasteiger partial charge is 0.491 e. The third-order valence-electron chi connectivity index (χ3n) is 4.33. The number of benzene rings is 1. The third-order valence-corrected chi connectivity index (χ3v) is 4.33. The molecular weight excluding hydrogens is 288 g/mol. The van der Waals surface area contributed by atoms with Gasteiger partial charge in [-0.05, 0) is 56.7 Å². The predicted octanol–water partition coefficient (Wildman–Crippen LogP) is 4.76. The molecule has 0 heterocycles. The molecule has 0 aromatic heterocycles. The van der Waals surface area contributed by atoms with Gasteiger partial charge in [0.05, 0.1) is 12.0 Å². The highest BCUT2D eigenvalue weighted by atomic mass is 16.5. The first-order valence-electron chi connectivity index (χ1n) is 8.29. The van der Waals surface area contributed by atoms with E-state index in [4.69, 9.17) is 9.47 Å². The molecule has 0 aliphatic heterocycles. The number of carbonyl (C=O) groups excluding carboxylic acids is 1. The van der Waals surface area contributed by atoms with E-state index < -0.39 is 0 Å². The second kappa shape index (κ2) is 6.77. The van der Waals surface area contributed by atoms with E-state index in [2.05, 4.69) is 33.8 Å². The molecular formula is C20H28O3. The zero-order chi connectivity index (χ0) is 17.2. The third kappa shape index (κ3) is 4.37. The number of rotatable bonds is 6. The fraction of sp³-hybridized carbons (Fsp3) is 0.550. The summed E-state index contributed by atoms with van der Waals surface area (Å²) in [4.78, 5) is 12.4. The van der Waals surface area contributed by atoms with E-state index in [1.54, 1.807) is 0 Å². The Morgan fingerprint density at radius 3 is 2.61 bits per heavy atom. The predicted molar refractivity (Wildman–Crippen MR) is 92.2 cm³/mol. The van der Waals surface area contributed by atoms with Crippen LogP contribution in [-0.2, 0) is 16.1 Å². The van der Waals surface area contributed by atoms with Gasteiger partial charge in [0.2, 0.25) is 0 Å². The number of hydrogen-bond acceptors (Lipinski definition) is 3. The zero-order valence-corrected chi connectivity index (χ0v) is 15.1. The van der Waals surface area contributed by atoms with Crippen molar-refractivity contribution in [2.24, 2.45) is 17.3 Å². The van der Waals surface area contributed by atoms with Crippen molar-refractivity contribution in [1.29, 1.82) is 0 Å². The van der Waals surface area contributed by atoms with Gasteiger partial charge in [0.1, 0.15) is 12.4 Å². The Kier molecular flexibility index (Phi) is 5.18. The fourth-order valence-corrected chi connectivity index (χ4v) is 3.02. The molecule has 126 valence electrons. The lowest BCUT2D eigenvalue weighted by Gasteiger charge is -2.11. The monoisotopic (exact) mass is 316 g/mol. The van der Waals surface area contributed by atoms with E-state index in [0.29, 0.717) is 6.61 Å². The molecule has 3 heteroatoms. The van der Waals surface area contributed by atoms with Crippen molar-refractivity contribution in [3.63, 3.8) is 0 Å². The number of ether oxygens (including phenoxy) is 2. The Morgan fingerprint density at radius 1 is 1.30 bits per heavy atom. The summed E-state index contributed by atoms with van der Waals surface area (Å²) in [5.74, 6) is 0.957. The number of allylic oxidation sites excluding steroid dienone is 2. The smallest absolute Gasteiger partial charge is 0.310 e. The van der Waals surface area contributed by atoms with Crippen molar-refractivity contribution in [1.82, 2.24) is 0 Å². The van der Waals surface area contributed by atoms with E-state index >= 15 is 0 Å². The van der Waals surface area contributed by atoms with Crippen molar-refractivity contribution in [3.05, 3.63) is 41.5 Å². The number of esters is 1. The van der Waals surface area contributed by atoms with Gasteiger partial charge in [-0.25, -0.2) is 0 Å². The average molecular weight is 316 g/mol. The van der Waals surface area contributed by atoms with Gasteiger partial charge in [0.15, 0.2) is 0 Å². The van der Waals surface area contributed by atoms with Crippen molar-refractivity contribution >= 4 is 5.97 Å². The number of carbonyl (C=O) groups is 1. The standard InChI is InChI=1S/C20H28O3/c1-13(2)10-17-18(20(17,5)6)19(21)22-12-15-8-7-9-16(11-15)23-14(3)4/h7-11,14,17-18H,12H2,1-6H3. The lowest BCUT2D eigenvalue weighted by atomic mass is 10.1. The molecule has 0 spiro atoms. The molecule has 1 aromatic rings. The van der Waals surface area contributed by atoms with Crippen LogP contribution in [-0.4, -0.2) is 12.1 Å². The summed E-state index contributed by atoms with van der Waals surface area (Å²) in [6, 6.07) is 7.72. The fourth-order valence-electron chi connectivity index (χ4n) is 3.02. The van der Waals surface area contributed by atoms with E-state index in [0.717, 1.165) is 11.3 Å². The first-order chi connectivity index (χ1) is 10.7. The Bertz CT molecular complexity index is 595. The maximum absolute atomic E-state index is 12.4. The van der Waals surface area contributed by atoms with E-state index in [9.17, 15) is 4.79 Å². The molecule has 2 rings (SSSR count). The highest BCUT2D eigenvalue weighted by Gasteiger charge is 2.61. The topological polar surface area (TPSA) is 35.5 Å². The minimum atomic E-state index is -0.104. The van der Waals surface area contributed by atoms with Gasteiger partial charge in [-0.3, -0.25) is 4.79 Å². The second-order valence-electron chi connectivity index (χ2n) is 7.49. The molecule has 0 saturated heterocycles. The van der Waals surface area contributed by atoms with Crippen LogP contribution < -0.4 is 4.74 Å². The van der Waals surface area contributed by atoms with Crippen LogP contribution in [0.15, 0.2) is 35.9 Å². The van der Waals surface area contributed by atoms with Crippen LogP contribution in [0, 0.1) is 17.3 Å². The van der Waals surface area contributed by atoms with Gasteiger partial charge < -0.3 is 9.47 Å². The molecule has 3 nitrogen and oxygen atoms in total. The van der Waals surface area contributed by atoms with E-state index in [1.807, 2.05) is 38.1 Å². The molecule has 0 bridgehead atoms. The Morgan fingerprint density at radius 2 is 2.00 bits per heavy atom. The van der Waals surface area contributed by atoms with E-state index in [1.165, 1.54) is 5.57 Å². The maximum atomic E-state index is 12.4. The molecule has 2 unspecified atom stereocenters. The minimum absolute atomic E-state index is 0.00302. The Labute approximate surface area is 139 Å². The quantitative estimate of drug-likeness (QED) is 0.561. The molecule has 1 aromatic carbocycles. The summed E-state index contributed by atoms with van der Waals surface area (Å²) in [5, 5.41) is 0. The van der Waals surface area contributed by atoms with Gasteiger partial charge in [-0.1, -0.05) is 37.6 Å². The minimum Gasteiger partial charge on any atom is -0.491 e. The first kappa shape index (κ1) is 17.6. The molecule has 0 radical (unpaired) electrons. The summed E-state index contributed by atoms with van der Waals surface area (Å²) < 4.78 is 11.2. The van der Waals surface area contributed by atoms with Crippen LogP contribution in [0.2, 0.25) is 0 Å². The van der Waals surface area contributed by atoms with Crippen LogP contribution in [0.3, 0.4) is 0 Å². The van der Waals surface area contributed by atoms with Gasteiger partial charge in [-0.15, -0.1) is 0 Å². The molecule has 1 aliphatic rings. The summed E-state index contributed by atoms with van der Waals surface area (Å²) in [5.41, 5.74) is 2.20. The van der Waals surface area contributed by atoms with Crippen LogP contribution in [0.5, 0.6) is 5.75 Å². The summed E-state index contributed by atoms with van der Waals surface area (Å²) in [6.07, 6.45) is 2.31. The molecule has 1 saturated carbocycles. The van der Waals surface area contributed by atoms with Crippen LogP contribution in [0.4, 0.5) is 0 Å². The highest BCUT2D eigenvalue weighted by molar-refractivity contribution is 5.78. The zero-order valence-electron chi connectivity index (χ0n) is 15.1. The normalized spacial score (nSPS) is 21.7. The molecule has 0 N–H and O–H groups in total. The van der Waals surface area contributed by atoms with Crippen LogP contribution in [0.25, 0.3) is 0 Å². The first-order valence-corrected chi connectivity index (χ1v) is 8.29. The van der Waals surface area contributed by atoms with Gasteiger partial charge in [0, 0.05) is 0 Å². The van der Waals surface area contributed by atoms with E-state index in [-0.39, 0.29) is 29.3 Å². The SMILES string of the molecule is CC(C)=CC1C(C(=O)OCc2cccc(OC(C)C)c2)C1(C)C. The molecule has 0 amide bonds. The van der Waals surface area contributed by atoms with Gasteiger partial charge in [-0.2, -0.15) is 0 Å². The van der Waals surface area contributed by atoms with Crippen molar-refractivity contribution < 1.29 is 14.3 Å². The van der Waals surface area contributed by atoms with Gasteiger partial charge >= 0.3 is 5.97 Å². The highest BCUT2D eigenvalue weighted by Crippen LogP contribution is 2.59. The Balaban J connectivity index is 1.94. The molecule has 1 fully saturated rings.